The quantitative estimate of drug-likeness (QED) is 0.538. The lowest BCUT2D eigenvalue weighted by Crippen LogP contribution is -2.12. The Bertz CT molecular complexity index is 811. The summed E-state index contributed by atoms with van der Waals surface area (Å²) < 4.78 is 4.62. The molecule has 0 radical (unpaired) electrons. The normalized spacial score (nSPS) is 10.8. The molecular formula is C19H24N2O4. The van der Waals surface area contributed by atoms with Crippen molar-refractivity contribution in [3.63, 3.8) is 0 Å². The molecule has 25 heavy (non-hydrogen) atoms. The fourth-order valence-electron chi connectivity index (χ4n) is 2.74. The summed E-state index contributed by atoms with van der Waals surface area (Å²) in [4.78, 5) is 38.7. The molecule has 0 bridgehead atoms. The van der Waals surface area contributed by atoms with Crippen LogP contribution in [0.1, 0.15) is 41.7 Å². The number of ether oxygens (including phenoxy) is 1. The first-order valence-corrected chi connectivity index (χ1v) is 8.45. The summed E-state index contributed by atoms with van der Waals surface area (Å²) in [5.74, 6) is -0.414. The van der Waals surface area contributed by atoms with Crippen LogP contribution in [0.5, 0.6) is 0 Å². The lowest BCUT2D eigenvalue weighted by atomic mass is 10.0. The maximum atomic E-state index is 12.2. The standard InChI is InChI=1S/C19H24N2O4/c1-20-9-5-3-4-6-14(22)10-13-7-8-16-15(11-13)18(23)12-17(21-16)19(24)25-2/h7-8,11-12,20H,3-6,9-10H2,1-2H3,(H,21,23). The van der Waals surface area contributed by atoms with Gasteiger partial charge in [-0.05, 0) is 44.1 Å². The summed E-state index contributed by atoms with van der Waals surface area (Å²) >= 11 is 0. The average Bonchev–Trinajstić information content (AvgIpc) is 2.61. The molecule has 0 aliphatic rings. The van der Waals surface area contributed by atoms with Crippen LogP contribution in [0.2, 0.25) is 0 Å². The third kappa shape index (κ3) is 5.26. The van der Waals surface area contributed by atoms with Gasteiger partial charge in [0.05, 0.1) is 7.11 Å². The number of aromatic nitrogens is 1. The zero-order chi connectivity index (χ0) is 18.2. The first-order chi connectivity index (χ1) is 12.0. The van der Waals surface area contributed by atoms with Gasteiger partial charge in [0, 0.05) is 29.8 Å². The van der Waals surface area contributed by atoms with Crippen LogP contribution in [0, 0.1) is 0 Å². The summed E-state index contributed by atoms with van der Waals surface area (Å²) in [6.45, 7) is 0.967. The number of Topliss-reactive ketones (excluding diaryl/α,β-unsaturated/α-hetero) is 1. The molecule has 2 rings (SSSR count). The van der Waals surface area contributed by atoms with E-state index in [1.54, 1.807) is 18.2 Å². The Morgan fingerprint density at radius 3 is 2.68 bits per heavy atom. The summed E-state index contributed by atoms with van der Waals surface area (Å²) in [5, 5.41) is 3.55. The largest absolute Gasteiger partial charge is 0.464 e. The molecule has 1 aromatic heterocycles. The molecule has 0 saturated heterocycles. The van der Waals surface area contributed by atoms with Crippen LogP contribution in [0.15, 0.2) is 29.1 Å². The number of carbonyl (C=O) groups is 2. The number of methoxy groups -OCH3 is 1. The number of rotatable bonds is 9. The van der Waals surface area contributed by atoms with E-state index in [9.17, 15) is 14.4 Å². The molecule has 0 fully saturated rings. The van der Waals surface area contributed by atoms with Crippen molar-refractivity contribution in [1.82, 2.24) is 10.3 Å². The number of nitrogens with one attached hydrogen (secondary N) is 2. The van der Waals surface area contributed by atoms with Gasteiger partial charge < -0.3 is 15.0 Å². The fraction of sp³-hybridized carbons (Fsp3) is 0.421. The van der Waals surface area contributed by atoms with Crippen molar-refractivity contribution in [3.8, 4) is 0 Å². The van der Waals surface area contributed by atoms with Gasteiger partial charge in [-0.15, -0.1) is 0 Å². The maximum absolute atomic E-state index is 12.2. The molecule has 2 aromatic rings. The molecule has 0 aliphatic carbocycles. The predicted molar refractivity (Wildman–Crippen MR) is 97.0 cm³/mol. The monoisotopic (exact) mass is 344 g/mol. The SMILES string of the molecule is CNCCCCCC(=O)Cc1ccc2[nH]c(C(=O)OC)cc(=O)c2c1. The van der Waals surface area contributed by atoms with Crippen molar-refractivity contribution in [2.24, 2.45) is 0 Å². The molecule has 0 unspecified atom stereocenters. The van der Waals surface area contributed by atoms with Gasteiger partial charge in [0.1, 0.15) is 11.5 Å². The highest BCUT2D eigenvalue weighted by molar-refractivity contribution is 5.91. The molecule has 0 spiro atoms. The van der Waals surface area contributed by atoms with Crippen molar-refractivity contribution in [3.05, 3.63) is 45.7 Å². The Kier molecular flexibility index (Phi) is 6.89. The van der Waals surface area contributed by atoms with Gasteiger partial charge in [-0.1, -0.05) is 12.5 Å². The zero-order valence-electron chi connectivity index (χ0n) is 14.7. The number of H-pyrrole nitrogens is 1. The second kappa shape index (κ2) is 9.13. The summed E-state index contributed by atoms with van der Waals surface area (Å²) in [6.07, 6.45) is 3.86. The van der Waals surface area contributed by atoms with Crippen LogP contribution < -0.4 is 10.7 Å². The van der Waals surface area contributed by atoms with Crippen molar-refractivity contribution in [1.29, 1.82) is 0 Å². The Morgan fingerprint density at radius 2 is 1.96 bits per heavy atom. The van der Waals surface area contributed by atoms with Crippen LogP contribution in [0.4, 0.5) is 0 Å². The molecule has 0 saturated carbocycles. The number of pyridine rings is 1. The highest BCUT2D eigenvalue weighted by atomic mass is 16.5. The van der Waals surface area contributed by atoms with Crippen LogP contribution in [-0.2, 0) is 16.0 Å². The number of carbonyl (C=O) groups excluding carboxylic acids is 2. The van der Waals surface area contributed by atoms with E-state index < -0.39 is 5.97 Å². The van der Waals surface area contributed by atoms with E-state index in [1.165, 1.54) is 13.2 Å². The summed E-state index contributed by atoms with van der Waals surface area (Å²) in [6, 6.07) is 6.46. The number of hydrogen-bond donors (Lipinski definition) is 2. The Hall–Kier alpha value is -2.47. The molecule has 6 nitrogen and oxygen atoms in total. The molecule has 134 valence electrons. The minimum Gasteiger partial charge on any atom is -0.464 e. The van der Waals surface area contributed by atoms with Gasteiger partial charge in [-0.2, -0.15) is 0 Å². The number of esters is 1. The number of ketones is 1. The molecule has 2 N–H and O–H groups in total. The van der Waals surface area contributed by atoms with E-state index in [0.29, 0.717) is 23.7 Å². The van der Waals surface area contributed by atoms with Crippen molar-refractivity contribution in [2.75, 3.05) is 20.7 Å². The maximum Gasteiger partial charge on any atom is 0.354 e. The van der Waals surface area contributed by atoms with Crippen LogP contribution in [0.25, 0.3) is 10.9 Å². The van der Waals surface area contributed by atoms with Crippen molar-refractivity contribution < 1.29 is 14.3 Å². The highest BCUT2D eigenvalue weighted by Gasteiger charge is 2.11. The Labute approximate surface area is 146 Å². The van der Waals surface area contributed by atoms with Gasteiger partial charge >= 0.3 is 5.97 Å². The fourth-order valence-corrected chi connectivity index (χ4v) is 2.74. The number of fused-ring (bicyclic) bond motifs is 1. The van der Waals surface area contributed by atoms with Crippen LogP contribution >= 0.6 is 0 Å². The molecule has 6 heteroatoms. The zero-order valence-corrected chi connectivity index (χ0v) is 14.7. The second-order valence-electron chi connectivity index (χ2n) is 6.05. The van der Waals surface area contributed by atoms with Gasteiger partial charge in [-0.25, -0.2) is 4.79 Å². The lowest BCUT2D eigenvalue weighted by molar-refractivity contribution is -0.118. The van der Waals surface area contributed by atoms with Crippen LogP contribution in [-0.4, -0.2) is 37.4 Å². The van der Waals surface area contributed by atoms with E-state index in [1.807, 2.05) is 7.05 Å². The number of hydrogen-bond acceptors (Lipinski definition) is 5. The van der Waals surface area contributed by atoms with E-state index in [2.05, 4.69) is 15.0 Å². The first kappa shape index (κ1) is 18.9. The van der Waals surface area contributed by atoms with Crippen molar-refractivity contribution >= 4 is 22.7 Å². The topological polar surface area (TPSA) is 88.3 Å². The third-order valence-corrected chi connectivity index (χ3v) is 4.08. The summed E-state index contributed by atoms with van der Waals surface area (Å²) in [5.41, 5.74) is 1.21. The molecule has 0 atom stereocenters. The van der Waals surface area contributed by atoms with Crippen LogP contribution in [0.3, 0.4) is 0 Å². The first-order valence-electron chi connectivity index (χ1n) is 8.45. The number of unbranched alkanes of at least 4 members (excludes halogenated alkanes) is 2. The number of aromatic amines is 1. The second-order valence-corrected chi connectivity index (χ2v) is 6.05. The van der Waals surface area contributed by atoms with Gasteiger partial charge in [0.25, 0.3) is 0 Å². The minimum absolute atomic E-state index is 0.116. The van der Waals surface area contributed by atoms with Gasteiger partial charge in [-0.3, -0.25) is 9.59 Å². The Balaban J connectivity index is 2.05. The third-order valence-electron chi connectivity index (χ3n) is 4.08. The van der Waals surface area contributed by atoms with Crippen molar-refractivity contribution in [2.45, 2.75) is 32.1 Å². The lowest BCUT2D eigenvalue weighted by Gasteiger charge is -2.06. The molecule has 0 amide bonds. The molecular weight excluding hydrogens is 320 g/mol. The molecule has 1 aromatic carbocycles. The smallest absolute Gasteiger partial charge is 0.354 e. The Morgan fingerprint density at radius 1 is 1.16 bits per heavy atom. The predicted octanol–water partition coefficient (Wildman–Crippen LogP) is 2.21. The van der Waals surface area contributed by atoms with Gasteiger partial charge in [0.2, 0.25) is 0 Å². The van der Waals surface area contributed by atoms with E-state index in [-0.39, 0.29) is 16.9 Å². The minimum atomic E-state index is -0.587. The molecule has 0 aliphatic heterocycles. The van der Waals surface area contributed by atoms with E-state index in [4.69, 9.17) is 0 Å². The molecule has 1 heterocycles. The van der Waals surface area contributed by atoms with E-state index in [0.717, 1.165) is 31.4 Å². The summed E-state index contributed by atoms with van der Waals surface area (Å²) in [7, 11) is 3.18. The van der Waals surface area contributed by atoms with Gasteiger partial charge in [0.15, 0.2) is 5.43 Å². The number of benzene rings is 1. The average molecular weight is 344 g/mol. The van der Waals surface area contributed by atoms with E-state index >= 15 is 0 Å². The highest BCUT2D eigenvalue weighted by Crippen LogP contribution is 2.14.